The van der Waals surface area contributed by atoms with Crippen molar-refractivity contribution in [3.63, 3.8) is 0 Å². The van der Waals surface area contributed by atoms with E-state index in [2.05, 4.69) is 37.1 Å². The molecule has 11 nitrogen and oxygen atoms in total. The van der Waals surface area contributed by atoms with Crippen LogP contribution in [0.5, 0.6) is 0 Å². The number of carbonyl (C=O) groups excluding carboxylic acids is 2. The number of anilines is 2. The first-order valence-corrected chi connectivity index (χ1v) is 12.4. The van der Waals surface area contributed by atoms with Crippen LogP contribution in [0.1, 0.15) is 6.42 Å². The van der Waals surface area contributed by atoms with E-state index in [0.29, 0.717) is 27.9 Å². The lowest BCUT2D eigenvalue weighted by Gasteiger charge is -2.24. The van der Waals surface area contributed by atoms with E-state index in [9.17, 15) is 23.5 Å². The maximum absolute atomic E-state index is 14.0. The molecule has 0 radical (unpaired) electrons. The topological polar surface area (TPSA) is 138 Å². The van der Waals surface area contributed by atoms with Crippen LogP contribution in [0, 0.1) is 5.82 Å². The third-order valence-electron chi connectivity index (χ3n) is 6.02. The van der Waals surface area contributed by atoms with Gasteiger partial charge in [0.2, 0.25) is 5.91 Å². The van der Waals surface area contributed by atoms with E-state index in [1.807, 2.05) is 0 Å². The molecular formula is C24H22F2N8O3S. The highest BCUT2D eigenvalue weighted by Gasteiger charge is 2.41. The van der Waals surface area contributed by atoms with Gasteiger partial charge in [0, 0.05) is 38.1 Å². The predicted molar refractivity (Wildman–Crippen MR) is 135 cm³/mol. The molecule has 0 unspecified atom stereocenters. The molecule has 1 saturated heterocycles. The largest absolute Gasteiger partial charge is 0.390 e. The fourth-order valence-corrected chi connectivity index (χ4v) is 5.03. The molecule has 1 fully saturated rings. The molecule has 4 aromatic heterocycles. The van der Waals surface area contributed by atoms with E-state index >= 15 is 0 Å². The van der Waals surface area contributed by atoms with Crippen LogP contribution in [-0.4, -0.2) is 71.6 Å². The number of aliphatic hydroxyl groups is 1. The Morgan fingerprint density at radius 1 is 1.24 bits per heavy atom. The number of carbonyl (C=O) groups is 2. The number of hydrogen-bond donors (Lipinski definition) is 3. The van der Waals surface area contributed by atoms with Crippen molar-refractivity contribution in [1.82, 2.24) is 34.7 Å². The van der Waals surface area contributed by atoms with E-state index < -0.39 is 35.6 Å². The van der Waals surface area contributed by atoms with Gasteiger partial charge >= 0.3 is 0 Å². The van der Waals surface area contributed by atoms with Crippen molar-refractivity contribution in [2.75, 3.05) is 18.4 Å². The van der Waals surface area contributed by atoms with Crippen LogP contribution >= 0.6 is 11.3 Å². The summed E-state index contributed by atoms with van der Waals surface area (Å²) in [4.78, 5) is 43.2. The third kappa shape index (κ3) is 5.08. The maximum Gasteiger partial charge on any atom is 0.282 e. The first-order valence-electron chi connectivity index (χ1n) is 11.6. The van der Waals surface area contributed by atoms with Crippen molar-refractivity contribution in [3.05, 3.63) is 61.3 Å². The summed E-state index contributed by atoms with van der Waals surface area (Å²) in [5.74, 6) is -2.72. The summed E-state index contributed by atoms with van der Waals surface area (Å²) in [7, 11) is 0. The van der Waals surface area contributed by atoms with Gasteiger partial charge in [-0.05, 0) is 18.6 Å². The van der Waals surface area contributed by atoms with Crippen LogP contribution in [0.4, 0.5) is 19.7 Å². The molecule has 4 aromatic rings. The maximum atomic E-state index is 14.0. The molecule has 1 aliphatic heterocycles. The molecule has 2 atom stereocenters. The predicted octanol–water partition coefficient (Wildman–Crippen LogP) is 2.39. The highest BCUT2D eigenvalue weighted by molar-refractivity contribution is 7.18. The summed E-state index contributed by atoms with van der Waals surface area (Å²) < 4.78 is 29.2. The second-order valence-electron chi connectivity index (χ2n) is 8.48. The number of amides is 2. The molecule has 5 heterocycles. The van der Waals surface area contributed by atoms with Gasteiger partial charge in [0.25, 0.3) is 5.91 Å². The lowest BCUT2D eigenvalue weighted by molar-refractivity contribution is -0.138. The Morgan fingerprint density at radius 2 is 2.08 bits per heavy atom. The number of rotatable bonds is 8. The van der Waals surface area contributed by atoms with Gasteiger partial charge in [-0.3, -0.25) is 14.6 Å². The summed E-state index contributed by atoms with van der Waals surface area (Å²) >= 11 is 1.23. The Balaban J connectivity index is 1.24. The fraction of sp³-hybridized carbons (Fsp3) is 0.250. The van der Waals surface area contributed by atoms with Crippen LogP contribution in [0.2, 0.25) is 0 Å². The molecule has 0 saturated carbocycles. The Kier molecular flexibility index (Phi) is 7.07. The normalized spacial score (nSPS) is 17.1. The van der Waals surface area contributed by atoms with Crippen molar-refractivity contribution in [1.29, 1.82) is 0 Å². The number of imidazole rings is 1. The second-order valence-corrected chi connectivity index (χ2v) is 9.51. The number of nitrogens with one attached hydrogen (secondary N) is 2. The van der Waals surface area contributed by atoms with Gasteiger partial charge in [0.1, 0.15) is 28.9 Å². The number of hydrogen-bond acceptors (Lipinski definition) is 9. The van der Waals surface area contributed by atoms with Gasteiger partial charge in [-0.15, -0.1) is 0 Å². The zero-order chi connectivity index (χ0) is 26.8. The van der Waals surface area contributed by atoms with E-state index in [-0.39, 0.29) is 25.2 Å². The van der Waals surface area contributed by atoms with Crippen LogP contribution in [0.25, 0.3) is 21.6 Å². The van der Waals surface area contributed by atoms with Gasteiger partial charge in [-0.1, -0.05) is 17.9 Å². The molecule has 1 aliphatic rings. The SMILES string of the molecule is C=C(F)C(=O)N1CC[C@H](O)[C@H]1C(=O)NCCn1cnc2cnc(Nc3ncc(-c4ncccc4F)s3)cc21. The zero-order valence-electron chi connectivity index (χ0n) is 19.8. The minimum Gasteiger partial charge on any atom is -0.390 e. The van der Waals surface area contributed by atoms with Gasteiger partial charge in [-0.2, -0.15) is 0 Å². The third-order valence-corrected chi connectivity index (χ3v) is 6.94. The van der Waals surface area contributed by atoms with Crippen LogP contribution in [0.3, 0.4) is 0 Å². The standard InChI is InChI=1S/C24H22F2N8O3S/c1-13(25)23(37)34-7-4-17(35)21(34)22(36)28-6-8-33-12-31-15-10-29-19(9-16(15)33)32-24-30-11-18(38-24)20-14(26)3-2-5-27-20/h2-3,5,9-12,17,21,35H,1,4,6-8H2,(H,28,36)(H,29,30,32)/t17-,21-/m0/s1. The van der Waals surface area contributed by atoms with Crippen LogP contribution in [-0.2, 0) is 16.1 Å². The Bertz CT molecular complexity index is 1520. The molecule has 0 spiro atoms. The molecule has 38 heavy (non-hydrogen) atoms. The number of nitrogens with zero attached hydrogens (tertiary/aromatic N) is 6. The first kappa shape index (κ1) is 25.4. The summed E-state index contributed by atoms with van der Waals surface area (Å²) in [6.45, 7) is 3.55. The minimum absolute atomic E-state index is 0.0629. The highest BCUT2D eigenvalue weighted by atomic mass is 32.1. The molecule has 0 bridgehead atoms. The van der Waals surface area contributed by atoms with E-state index in [4.69, 9.17) is 0 Å². The first-order chi connectivity index (χ1) is 18.3. The summed E-state index contributed by atoms with van der Waals surface area (Å²) in [6.07, 6.45) is 5.31. The molecule has 2 amide bonds. The quantitative estimate of drug-likeness (QED) is 0.290. The van der Waals surface area contributed by atoms with Crippen molar-refractivity contribution in [2.24, 2.45) is 0 Å². The Labute approximate surface area is 218 Å². The number of thiazole rings is 1. The molecule has 3 N–H and O–H groups in total. The number of pyridine rings is 2. The molecule has 196 valence electrons. The average Bonchev–Trinajstić information content (AvgIpc) is 3.62. The van der Waals surface area contributed by atoms with Crippen LogP contribution < -0.4 is 10.6 Å². The highest BCUT2D eigenvalue weighted by Crippen LogP contribution is 2.31. The van der Waals surface area contributed by atoms with E-state index in [0.717, 1.165) is 10.4 Å². The number of fused-ring (bicyclic) bond motifs is 1. The fourth-order valence-electron chi connectivity index (χ4n) is 4.21. The van der Waals surface area contributed by atoms with Crippen molar-refractivity contribution < 1.29 is 23.5 Å². The summed E-state index contributed by atoms with van der Waals surface area (Å²) in [6, 6.07) is 3.43. The number of halogens is 2. The summed E-state index contributed by atoms with van der Waals surface area (Å²) in [5.41, 5.74) is 1.58. The van der Waals surface area contributed by atoms with E-state index in [1.165, 1.54) is 35.9 Å². The molecule has 0 aliphatic carbocycles. The zero-order valence-corrected chi connectivity index (χ0v) is 20.7. The smallest absolute Gasteiger partial charge is 0.282 e. The van der Waals surface area contributed by atoms with Crippen molar-refractivity contribution in [2.45, 2.75) is 25.1 Å². The Morgan fingerprint density at radius 3 is 2.87 bits per heavy atom. The number of likely N-dealkylation sites (tertiary alicyclic amines) is 1. The van der Waals surface area contributed by atoms with E-state index in [1.54, 1.807) is 23.2 Å². The monoisotopic (exact) mass is 540 g/mol. The van der Waals surface area contributed by atoms with Crippen LogP contribution in [0.15, 0.2) is 55.5 Å². The van der Waals surface area contributed by atoms with Gasteiger partial charge in [0.15, 0.2) is 11.0 Å². The minimum atomic E-state index is -1.18. The lowest BCUT2D eigenvalue weighted by atomic mass is 10.1. The molecule has 5 rings (SSSR count). The summed E-state index contributed by atoms with van der Waals surface area (Å²) in [5, 5.41) is 16.4. The lowest BCUT2D eigenvalue weighted by Crippen LogP contribution is -2.50. The molecular weight excluding hydrogens is 518 g/mol. The number of aromatic nitrogens is 5. The molecule has 0 aromatic carbocycles. The van der Waals surface area contributed by atoms with Gasteiger partial charge in [0.05, 0.1) is 29.0 Å². The number of aliphatic hydroxyl groups excluding tert-OH is 1. The second kappa shape index (κ2) is 10.6. The average molecular weight is 541 g/mol. The van der Waals surface area contributed by atoms with Gasteiger partial charge < -0.3 is 25.2 Å². The van der Waals surface area contributed by atoms with Crippen molar-refractivity contribution in [3.8, 4) is 10.6 Å². The Hall–Kier alpha value is -4.30. The van der Waals surface area contributed by atoms with Crippen molar-refractivity contribution >= 4 is 45.1 Å². The molecule has 14 heteroatoms. The van der Waals surface area contributed by atoms with Gasteiger partial charge in [-0.25, -0.2) is 23.7 Å².